The fourth-order valence-electron chi connectivity index (χ4n) is 3.17. The second-order valence-electron chi connectivity index (χ2n) is 6.85. The topological polar surface area (TPSA) is 117 Å². The van der Waals surface area contributed by atoms with Crippen LogP contribution < -0.4 is 10.9 Å². The molecule has 0 bridgehead atoms. The molecule has 0 fully saturated rings. The van der Waals surface area contributed by atoms with Crippen molar-refractivity contribution in [3.05, 3.63) is 44.2 Å². The standard InChI is InChI=1S/C20H23N3O6S/c1-4-28-20(27)16-12-7-5-6-8-14(12)30-18(16)21-17(25)11(2)29-19(26)13-9-10-15(24)23(3)22-13/h9-11H,4-8H2,1-3H3,(H,21,25). The Balaban J connectivity index is 1.75. The van der Waals surface area contributed by atoms with E-state index in [4.69, 9.17) is 9.47 Å². The first kappa shape index (κ1) is 21.7. The van der Waals surface area contributed by atoms with Crippen molar-refractivity contribution in [1.29, 1.82) is 0 Å². The van der Waals surface area contributed by atoms with Crippen molar-refractivity contribution >= 4 is 34.2 Å². The Hall–Kier alpha value is -3.01. The largest absolute Gasteiger partial charge is 0.462 e. The van der Waals surface area contributed by atoms with Crippen LogP contribution >= 0.6 is 11.3 Å². The molecule has 2 heterocycles. The van der Waals surface area contributed by atoms with Crippen LogP contribution in [-0.2, 0) is 34.2 Å². The number of ether oxygens (including phenoxy) is 2. The number of hydrogen-bond donors (Lipinski definition) is 1. The first-order chi connectivity index (χ1) is 14.3. The fraction of sp³-hybridized carbons (Fsp3) is 0.450. The molecule has 1 aliphatic rings. The molecule has 3 rings (SSSR count). The predicted octanol–water partition coefficient (Wildman–Crippen LogP) is 2.08. The van der Waals surface area contributed by atoms with Gasteiger partial charge in [-0.1, -0.05) is 0 Å². The Morgan fingerprint density at radius 1 is 1.23 bits per heavy atom. The predicted molar refractivity (Wildman–Crippen MR) is 110 cm³/mol. The van der Waals surface area contributed by atoms with Crippen molar-refractivity contribution < 1.29 is 23.9 Å². The van der Waals surface area contributed by atoms with Gasteiger partial charge in [-0.25, -0.2) is 14.3 Å². The first-order valence-corrected chi connectivity index (χ1v) is 10.5. The third kappa shape index (κ3) is 4.59. The number of hydrogen-bond acceptors (Lipinski definition) is 8. The van der Waals surface area contributed by atoms with Gasteiger partial charge in [0.2, 0.25) is 0 Å². The molecule has 0 aromatic carbocycles. The number of nitrogens with one attached hydrogen (secondary N) is 1. The minimum Gasteiger partial charge on any atom is -0.462 e. The molecule has 2 aromatic rings. The lowest BCUT2D eigenvalue weighted by Gasteiger charge is -2.14. The summed E-state index contributed by atoms with van der Waals surface area (Å²) in [6.07, 6.45) is 2.49. The summed E-state index contributed by atoms with van der Waals surface area (Å²) in [5.74, 6) is -1.87. The van der Waals surface area contributed by atoms with Gasteiger partial charge in [-0.3, -0.25) is 9.59 Å². The van der Waals surface area contributed by atoms with Crippen LogP contribution in [0.15, 0.2) is 16.9 Å². The van der Waals surface area contributed by atoms with E-state index >= 15 is 0 Å². The molecule has 1 aliphatic carbocycles. The number of carbonyl (C=O) groups excluding carboxylic acids is 3. The van der Waals surface area contributed by atoms with Gasteiger partial charge in [-0.05, 0) is 51.2 Å². The number of nitrogens with zero attached hydrogens (tertiary/aromatic N) is 2. The van der Waals surface area contributed by atoms with Crippen LogP contribution in [0.1, 0.15) is 58.0 Å². The quantitative estimate of drug-likeness (QED) is 0.693. The number of aromatic nitrogens is 2. The lowest BCUT2D eigenvalue weighted by Crippen LogP contribution is -2.31. The number of aryl methyl sites for hydroxylation is 2. The summed E-state index contributed by atoms with van der Waals surface area (Å²) in [6, 6.07) is 2.43. The normalized spacial score (nSPS) is 13.8. The van der Waals surface area contributed by atoms with Crippen LogP contribution in [-0.4, -0.2) is 40.3 Å². The van der Waals surface area contributed by atoms with Gasteiger partial charge in [0, 0.05) is 18.0 Å². The lowest BCUT2D eigenvalue weighted by molar-refractivity contribution is -0.123. The number of fused-ring (bicyclic) bond motifs is 1. The summed E-state index contributed by atoms with van der Waals surface area (Å²) in [5.41, 5.74) is 0.864. The maximum atomic E-state index is 12.6. The number of amides is 1. The Morgan fingerprint density at radius 2 is 1.97 bits per heavy atom. The maximum Gasteiger partial charge on any atom is 0.359 e. The fourth-order valence-corrected chi connectivity index (χ4v) is 4.45. The number of rotatable bonds is 6. The molecule has 1 unspecified atom stereocenters. The van der Waals surface area contributed by atoms with Crippen LogP contribution in [0.2, 0.25) is 0 Å². The molecule has 0 spiro atoms. The minimum absolute atomic E-state index is 0.0875. The molecule has 1 amide bonds. The van der Waals surface area contributed by atoms with Crippen LogP contribution in [0.4, 0.5) is 5.00 Å². The van der Waals surface area contributed by atoms with Crippen LogP contribution in [0.3, 0.4) is 0 Å². The Morgan fingerprint density at radius 3 is 2.67 bits per heavy atom. The van der Waals surface area contributed by atoms with Crippen molar-refractivity contribution in [3.63, 3.8) is 0 Å². The second-order valence-corrected chi connectivity index (χ2v) is 7.96. The Kier molecular flexibility index (Phi) is 6.66. The zero-order valence-corrected chi connectivity index (χ0v) is 17.8. The molecule has 1 N–H and O–H groups in total. The highest BCUT2D eigenvalue weighted by Crippen LogP contribution is 2.38. The molecular weight excluding hydrogens is 410 g/mol. The molecule has 0 radical (unpaired) electrons. The highest BCUT2D eigenvalue weighted by atomic mass is 32.1. The molecule has 0 saturated carbocycles. The molecule has 160 valence electrons. The molecule has 30 heavy (non-hydrogen) atoms. The zero-order valence-electron chi connectivity index (χ0n) is 17.0. The number of anilines is 1. The van der Waals surface area contributed by atoms with E-state index in [1.54, 1.807) is 6.92 Å². The van der Waals surface area contributed by atoms with Crippen molar-refractivity contribution in [2.45, 2.75) is 45.6 Å². The highest BCUT2D eigenvalue weighted by molar-refractivity contribution is 7.17. The van der Waals surface area contributed by atoms with E-state index in [-0.39, 0.29) is 17.9 Å². The van der Waals surface area contributed by atoms with E-state index in [1.165, 1.54) is 37.4 Å². The third-order valence-electron chi connectivity index (χ3n) is 4.71. The molecule has 0 saturated heterocycles. The van der Waals surface area contributed by atoms with E-state index in [9.17, 15) is 19.2 Å². The van der Waals surface area contributed by atoms with Crippen molar-refractivity contribution in [1.82, 2.24) is 9.78 Å². The van der Waals surface area contributed by atoms with E-state index in [0.29, 0.717) is 10.6 Å². The van der Waals surface area contributed by atoms with Crippen molar-refractivity contribution in [2.75, 3.05) is 11.9 Å². The minimum atomic E-state index is -1.13. The van der Waals surface area contributed by atoms with Crippen LogP contribution in [0.5, 0.6) is 0 Å². The van der Waals surface area contributed by atoms with Gasteiger partial charge in [-0.15, -0.1) is 11.3 Å². The van der Waals surface area contributed by atoms with Gasteiger partial charge in [0.05, 0.1) is 12.2 Å². The smallest absolute Gasteiger partial charge is 0.359 e. The summed E-state index contributed by atoms with van der Waals surface area (Å²) < 4.78 is 11.4. The molecule has 9 nitrogen and oxygen atoms in total. The first-order valence-electron chi connectivity index (χ1n) is 9.69. The van der Waals surface area contributed by atoms with Crippen LogP contribution in [0.25, 0.3) is 0 Å². The van der Waals surface area contributed by atoms with Crippen molar-refractivity contribution in [3.8, 4) is 0 Å². The average Bonchev–Trinajstić information content (AvgIpc) is 3.07. The van der Waals surface area contributed by atoms with Gasteiger partial charge in [0.15, 0.2) is 11.8 Å². The van der Waals surface area contributed by atoms with E-state index in [0.717, 1.165) is 40.8 Å². The summed E-state index contributed by atoms with van der Waals surface area (Å²) in [6.45, 7) is 3.38. The van der Waals surface area contributed by atoms with Gasteiger partial charge in [0.25, 0.3) is 11.5 Å². The molecular formula is C20H23N3O6S. The van der Waals surface area contributed by atoms with Gasteiger partial charge in [-0.2, -0.15) is 5.10 Å². The highest BCUT2D eigenvalue weighted by Gasteiger charge is 2.29. The Labute approximate surface area is 177 Å². The molecule has 10 heteroatoms. The second kappa shape index (κ2) is 9.21. The number of esters is 2. The SMILES string of the molecule is CCOC(=O)c1c(NC(=O)C(C)OC(=O)c2ccc(=O)n(C)n2)sc2c1CCCC2. The Bertz CT molecular complexity index is 1040. The van der Waals surface area contributed by atoms with E-state index < -0.39 is 23.9 Å². The summed E-state index contributed by atoms with van der Waals surface area (Å²) in [4.78, 5) is 49.8. The summed E-state index contributed by atoms with van der Waals surface area (Å²) >= 11 is 1.36. The number of carbonyl (C=O) groups is 3. The monoisotopic (exact) mass is 433 g/mol. The lowest BCUT2D eigenvalue weighted by atomic mass is 9.95. The molecule has 2 aromatic heterocycles. The van der Waals surface area contributed by atoms with Gasteiger partial charge in [0.1, 0.15) is 5.00 Å². The molecule has 0 aliphatic heterocycles. The number of thiophene rings is 1. The van der Waals surface area contributed by atoms with Gasteiger partial charge >= 0.3 is 11.9 Å². The maximum absolute atomic E-state index is 12.6. The zero-order chi connectivity index (χ0) is 21.8. The van der Waals surface area contributed by atoms with Crippen molar-refractivity contribution in [2.24, 2.45) is 7.05 Å². The summed E-state index contributed by atoms with van der Waals surface area (Å²) in [7, 11) is 1.41. The van der Waals surface area contributed by atoms with Crippen LogP contribution in [0, 0.1) is 0 Å². The van der Waals surface area contributed by atoms with Gasteiger partial charge < -0.3 is 14.8 Å². The molecule has 1 atom stereocenters. The summed E-state index contributed by atoms with van der Waals surface area (Å²) in [5, 5.41) is 6.93. The average molecular weight is 433 g/mol. The van der Waals surface area contributed by atoms with E-state index in [1.807, 2.05) is 0 Å². The van der Waals surface area contributed by atoms with E-state index in [2.05, 4.69) is 10.4 Å². The third-order valence-corrected chi connectivity index (χ3v) is 5.92.